The summed E-state index contributed by atoms with van der Waals surface area (Å²) in [6, 6.07) is 18.1. The van der Waals surface area contributed by atoms with Crippen molar-refractivity contribution in [3.8, 4) is 17.2 Å². The summed E-state index contributed by atoms with van der Waals surface area (Å²) in [7, 11) is 0. The minimum Gasteiger partial charge on any atom is -0.508 e. The number of hydrogen-bond acceptors (Lipinski definition) is 9. The first-order chi connectivity index (χ1) is 25.6. The molecule has 12 nitrogen and oxygen atoms in total. The summed E-state index contributed by atoms with van der Waals surface area (Å²) in [5.41, 5.74) is 9.12. The SMILES string of the molecule is CC12CCC3c4ccc(O)cc4CCC3C1C[C@@H](OCCC(=O)NCCOCCOCC(=O)Nc1ccc(OCc3ccccc3)c(C(N)=O)c1O)C2. The molecule has 2 saturated carbocycles. The molecule has 0 bridgehead atoms. The molecule has 3 aliphatic carbocycles. The predicted octanol–water partition coefficient (Wildman–Crippen LogP) is 5.20. The highest BCUT2D eigenvalue weighted by atomic mass is 16.5. The van der Waals surface area contributed by atoms with Crippen molar-refractivity contribution in [2.24, 2.45) is 23.0 Å². The van der Waals surface area contributed by atoms with Crippen LogP contribution in [-0.4, -0.2) is 73.6 Å². The van der Waals surface area contributed by atoms with Crippen LogP contribution in [0.2, 0.25) is 0 Å². The second-order valence-electron chi connectivity index (χ2n) is 14.7. The van der Waals surface area contributed by atoms with Crippen molar-refractivity contribution in [1.82, 2.24) is 5.32 Å². The van der Waals surface area contributed by atoms with Gasteiger partial charge in [-0.2, -0.15) is 0 Å². The van der Waals surface area contributed by atoms with Crippen molar-refractivity contribution in [3.05, 3.63) is 82.9 Å². The number of carbonyl (C=O) groups excluding carboxylic acids is 3. The summed E-state index contributed by atoms with van der Waals surface area (Å²) in [5.74, 6) is 0.253. The highest BCUT2D eigenvalue weighted by Crippen LogP contribution is 2.61. The first-order valence-corrected chi connectivity index (χ1v) is 18.6. The number of anilines is 1. The Morgan fingerprint density at radius 3 is 2.57 bits per heavy atom. The zero-order valence-corrected chi connectivity index (χ0v) is 30.3. The fourth-order valence-electron chi connectivity index (χ4n) is 8.70. The highest BCUT2D eigenvalue weighted by Gasteiger charge is 2.53. The number of fused-ring (bicyclic) bond motifs is 5. The van der Waals surface area contributed by atoms with Crippen LogP contribution in [0.4, 0.5) is 5.69 Å². The Labute approximate surface area is 310 Å². The number of amides is 3. The van der Waals surface area contributed by atoms with E-state index >= 15 is 0 Å². The fraction of sp³-hybridized carbons (Fsp3) is 0.488. The molecule has 12 heteroatoms. The number of rotatable bonds is 17. The molecular formula is C41H51N3O9. The number of aromatic hydroxyl groups is 2. The second kappa shape index (κ2) is 17.5. The second-order valence-corrected chi connectivity index (χ2v) is 14.7. The van der Waals surface area contributed by atoms with Crippen molar-refractivity contribution in [2.75, 3.05) is 44.9 Å². The molecular weight excluding hydrogens is 678 g/mol. The molecule has 0 spiro atoms. The Morgan fingerprint density at radius 2 is 1.75 bits per heavy atom. The molecule has 5 atom stereocenters. The van der Waals surface area contributed by atoms with Crippen LogP contribution in [0.25, 0.3) is 0 Å². The van der Waals surface area contributed by atoms with Gasteiger partial charge in [0.25, 0.3) is 5.91 Å². The van der Waals surface area contributed by atoms with Gasteiger partial charge in [0, 0.05) is 13.0 Å². The summed E-state index contributed by atoms with van der Waals surface area (Å²) < 4.78 is 22.8. The quantitative estimate of drug-likeness (QED) is 0.0923. The van der Waals surface area contributed by atoms with Crippen LogP contribution in [-0.2, 0) is 36.8 Å². The zero-order valence-electron chi connectivity index (χ0n) is 30.3. The van der Waals surface area contributed by atoms with Gasteiger partial charge in [0.1, 0.15) is 30.3 Å². The van der Waals surface area contributed by atoms with E-state index < -0.39 is 17.6 Å². The third kappa shape index (κ3) is 9.48. The standard InChI is InChI=1S/C41H51N3O9/c1-41-15-13-31-30-10-8-28(45)21-27(30)7-9-32(31)33(41)22-29(23-41)52-17-14-36(46)43-16-18-50-19-20-51-25-37(47)44-34-11-12-35(38(39(34)48)40(42)49)53-24-26-5-3-2-4-6-26/h2-6,8,10-12,21,29,31-33,45,48H,7,9,13-20,22-25H2,1H3,(H2,42,49)(H,43,46)(H,44,47)/t29-,31?,32?,33?,41?/m1/s1. The number of primary amides is 1. The molecule has 2 fully saturated rings. The lowest BCUT2D eigenvalue weighted by Crippen LogP contribution is -2.39. The van der Waals surface area contributed by atoms with Gasteiger partial charge in [0.05, 0.1) is 38.2 Å². The minimum absolute atomic E-state index is 0.000372. The Morgan fingerprint density at radius 1 is 0.943 bits per heavy atom. The predicted molar refractivity (Wildman–Crippen MR) is 198 cm³/mol. The van der Waals surface area contributed by atoms with E-state index in [-0.39, 0.29) is 60.9 Å². The van der Waals surface area contributed by atoms with E-state index in [0.29, 0.717) is 49.7 Å². The molecule has 3 aliphatic rings. The summed E-state index contributed by atoms with van der Waals surface area (Å²) in [6.45, 7) is 3.66. The number of hydrogen-bond donors (Lipinski definition) is 5. The number of nitrogens with one attached hydrogen (secondary N) is 2. The lowest BCUT2D eigenvalue weighted by Gasteiger charge is -2.49. The molecule has 3 amide bonds. The zero-order chi connectivity index (χ0) is 37.4. The smallest absolute Gasteiger partial charge is 0.256 e. The van der Waals surface area contributed by atoms with E-state index in [9.17, 15) is 24.6 Å². The van der Waals surface area contributed by atoms with Gasteiger partial charge in [0.2, 0.25) is 11.8 Å². The van der Waals surface area contributed by atoms with Crippen molar-refractivity contribution in [2.45, 2.75) is 70.5 Å². The number of benzene rings is 3. The Bertz CT molecular complexity index is 1750. The maximum absolute atomic E-state index is 12.4. The van der Waals surface area contributed by atoms with E-state index in [0.717, 1.165) is 31.2 Å². The van der Waals surface area contributed by atoms with Crippen LogP contribution in [0.5, 0.6) is 17.2 Å². The summed E-state index contributed by atoms with van der Waals surface area (Å²) >= 11 is 0. The Kier molecular flexibility index (Phi) is 12.5. The third-order valence-electron chi connectivity index (χ3n) is 11.2. The van der Waals surface area contributed by atoms with Gasteiger partial charge in [0.15, 0.2) is 5.75 Å². The van der Waals surface area contributed by atoms with Crippen LogP contribution in [0.1, 0.15) is 78.4 Å². The highest BCUT2D eigenvalue weighted by molar-refractivity contribution is 6.02. The topological polar surface area (TPSA) is 179 Å². The summed E-state index contributed by atoms with van der Waals surface area (Å²) in [6.07, 6.45) is 7.09. The van der Waals surface area contributed by atoms with Gasteiger partial charge in [-0.1, -0.05) is 43.3 Å². The first-order valence-electron chi connectivity index (χ1n) is 18.6. The van der Waals surface area contributed by atoms with E-state index in [1.54, 1.807) is 0 Å². The molecule has 6 rings (SSSR count). The number of aryl methyl sites for hydroxylation is 1. The molecule has 6 N–H and O–H groups in total. The van der Waals surface area contributed by atoms with Crippen LogP contribution in [0.15, 0.2) is 60.7 Å². The number of nitrogens with two attached hydrogens (primary N) is 1. The normalized spacial score (nSPS) is 23.0. The maximum atomic E-state index is 12.4. The summed E-state index contributed by atoms with van der Waals surface area (Å²) in [5, 5.41) is 26.0. The number of carbonyl (C=O) groups is 3. The lowest BCUT2D eigenvalue weighted by atomic mass is 9.56. The largest absolute Gasteiger partial charge is 0.508 e. The molecule has 0 aromatic heterocycles. The minimum atomic E-state index is -0.899. The van der Waals surface area contributed by atoms with Crippen LogP contribution >= 0.6 is 0 Å². The van der Waals surface area contributed by atoms with Crippen molar-refractivity contribution < 1.29 is 43.5 Å². The average Bonchev–Trinajstić information content (AvgIpc) is 3.49. The van der Waals surface area contributed by atoms with Gasteiger partial charge in [-0.3, -0.25) is 14.4 Å². The van der Waals surface area contributed by atoms with E-state index in [1.807, 2.05) is 42.5 Å². The van der Waals surface area contributed by atoms with Crippen LogP contribution in [0, 0.1) is 17.3 Å². The van der Waals surface area contributed by atoms with Crippen molar-refractivity contribution in [1.29, 1.82) is 0 Å². The lowest BCUT2D eigenvalue weighted by molar-refractivity contribution is -0.123. The number of phenolic OH excluding ortho intramolecular Hbond substituents is 1. The Hall–Kier alpha value is -4.65. The summed E-state index contributed by atoms with van der Waals surface area (Å²) in [4.78, 5) is 36.9. The fourth-order valence-corrected chi connectivity index (χ4v) is 8.70. The van der Waals surface area contributed by atoms with E-state index in [2.05, 4.69) is 23.6 Å². The Balaban J connectivity index is 0.819. The molecule has 0 radical (unpaired) electrons. The molecule has 0 heterocycles. The van der Waals surface area contributed by atoms with Gasteiger partial charge >= 0.3 is 0 Å². The van der Waals surface area contributed by atoms with Gasteiger partial charge in [-0.25, -0.2) is 0 Å². The van der Waals surface area contributed by atoms with Gasteiger partial charge < -0.3 is 45.5 Å². The molecule has 3 aromatic rings. The van der Waals surface area contributed by atoms with Crippen LogP contribution < -0.4 is 21.1 Å². The van der Waals surface area contributed by atoms with E-state index in [1.165, 1.54) is 36.1 Å². The van der Waals surface area contributed by atoms with Crippen LogP contribution in [0.3, 0.4) is 0 Å². The molecule has 4 unspecified atom stereocenters. The van der Waals surface area contributed by atoms with Gasteiger partial charge in [-0.15, -0.1) is 0 Å². The average molecular weight is 730 g/mol. The number of phenols is 2. The monoisotopic (exact) mass is 729 g/mol. The van der Waals surface area contributed by atoms with Crippen molar-refractivity contribution in [3.63, 3.8) is 0 Å². The molecule has 3 aromatic carbocycles. The molecule has 0 aliphatic heterocycles. The number of ether oxygens (including phenoxy) is 4. The van der Waals surface area contributed by atoms with E-state index in [4.69, 9.17) is 24.7 Å². The molecule has 0 saturated heterocycles. The molecule has 284 valence electrons. The van der Waals surface area contributed by atoms with Crippen molar-refractivity contribution >= 4 is 23.4 Å². The third-order valence-corrected chi connectivity index (χ3v) is 11.2. The first kappa shape index (κ1) is 38.1. The molecule has 53 heavy (non-hydrogen) atoms. The maximum Gasteiger partial charge on any atom is 0.256 e. The van der Waals surface area contributed by atoms with Gasteiger partial charge in [-0.05, 0) is 103 Å².